The molecule has 0 amide bonds. The van der Waals surface area contributed by atoms with Gasteiger partial charge in [0, 0.05) is 0 Å². The molecule has 1 N–H and O–H groups in total. The van der Waals surface area contributed by atoms with E-state index in [0.717, 1.165) is 32.8 Å². The van der Waals surface area contributed by atoms with Crippen LogP contribution < -0.4 is 4.90 Å². The number of nitrogens with one attached hydrogen (secondary N) is 1. The second-order valence-electron chi connectivity index (χ2n) is 4.31. The molecule has 1 aliphatic heterocycles. The van der Waals surface area contributed by atoms with Gasteiger partial charge in [-0.05, 0) is 13.8 Å². The van der Waals surface area contributed by atoms with Crippen LogP contribution in [0.4, 0.5) is 0 Å². The number of hydrogen-bond acceptors (Lipinski definition) is 4. The summed E-state index contributed by atoms with van der Waals surface area (Å²) >= 11 is 3.09. The van der Waals surface area contributed by atoms with Crippen molar-refractivity contribution < 1.29 is 24.0 Å². The van der Waals surface area contributed by atoms with Gasteiger partial charge >= 0.3 is 5.97 Å². The summed E-state index contributed by atoms with van der Waals surface area (Å²) in [5.41, 5.74) is 0. The van der Waals surface area contributed by atoms with E-state index in [1.54, 1.807) is 0 Å². The van der Waals surface area contributed by atoms with Crippen molar-refractivity contribution in [3.05, 3.63) is 0 Å². The Kier molecular flexibility index (Phi) is 5.55. The highest BCUT2D eigenvalue weighted by atomic mass is 79.9. The Morgan fingerprint density at radius 2 is 2.00 bits per heavy atom. The van der Waals surface area contributed by atoms with Crippen molar-refractivity contribution in [1.29, 1.82) is 0 Å². The van der Waals surface area contributed by atoms with Crippen LogP contribution in [0.3, 0.4) is 0 Å². The van der Waals surface area contributed by atoms with Crippen LogP contribution in [0.15, 0.2) is 0 Å². The molecule has 1 unspecified atom stereocenters. The first kappa shape index (κ1) is 14.6. The number of halogens is 1. The fraction of sp³-hybridized carbons (Fsp3) is 0.818. The molecule has 0 aromatic carbocycles. The standard InChI is InChI=1S/C11H18BrNO4/c1-9(14)11(2,12)10(15)17-8-5-13-3-6-16-7-4-13/h3-8H2,1-2H3/p+1. The Morgan fingerprint density at radius 1 is 1.41 bits per heavy atom. The molecule has 98 valence electrons. The summed E-state index contributed by atoms with van der Waals surface area (Å²) < 4.78 is 9.12. The molecule has 0 spiro atoms. The third-order valence-electron chi connectivity index (χ3n) is 2.93. The van der Waals surface area contributed by atoms with Crippen LogP contribution in [0.1, 0.15) is 13.8 Å². The lowest BCUT2D eigenvalue weighted by atomic mass is 10.1. The van der Waals surface area contributed by atoms with Crippen molar-refractivity contribution in [2.24, 2.45) is 0 Å². The Hall–Kier alpha value is -0.460. The molecule has 1 aliphatic rings. The quantitative estimate of drug-likeness (QED) is 0.410. The predicted octanol–water partition coefficient (Wildman–Crippen LogP) is -0.813. The third kappa shape index (κ3) is 4.37. The molecule has 1 rings (SSSR count). The van der Waals surface area contributed by atoms with Gasteiger partial charge in [0.2, 0.25) is 0 Å². The van der Waals surface area contributed by atoms with E-state index in [0.29, 0.717) is 6.61 Å². The number of alkyl halides is 1. The van der Waals surface area contributed by atoms with Crippen molar-refractivity contribution >= 4 is 27.7 Å². The molecule has 1 heterocycles. The highest BCUT2D eigenvalue weighted by Crippen LogP contribution is 2.19. The summed E-state index contributed by atoms with van der Waals surface area (Å²) in [5.74, 6) is -0.765. The zero-order valence-corrected chi connectivity index (χ0v) is 11.8. The fourth-order valence-electron chi connectivity index (χ4n) is 1.48. The van der Waals surface area contributed by atoms with Gasteiger partial charge in [-0.25, -0.2) is 0 Å². The van der Waals surface area contributed by atoms with Crippen LogP contribution in [-0.4, -0.2) is 55.5 Å². The minimum atomic E-state index is -1.21. The second-order valence-corrected chi connectivity index (χ2v) is 5.89. The number of rotatable bonds is 5. The third-order valence-corrected chi connectivity index (χ3v) is 3.82. The summed E-state index contributed by atoms with van der Waals surface area (Å²) in [6.45, 7) is 7.37. The van der Waals surface area contributed by atoms with Crippen LogP contribution in [-0.2, 0) is 19.1 Å². The minimum Gasteiger partial charge on any atom is -0.458 e. The molecule has 0 aromatic heterocycles. The molecule has 0 aliphatic carbocycles. The van der Waals surface area contributed by atoms with Crippen molar-refractivity contribution in [3.63, 3.8) is 0 Å². The molecular formula is C11H19BrNO4+. The van der Waals surface area contributed by atoms with Crippen LogP contribution in [0.5, 0.6) is 0 Å². The van der Waals surface area contributed by atoms with E-state index in [9.17, 15) is 9.59 Å². The lowest BCUT2D eigenvalue weighted by molar-refractivity contribution is -0.908. The molecule has 17 heavy (non-hydrogen) atoms. The van der Waals surface area contributed by atoms with Crippen LogP contribution in [0.25, 0.3) is 0 Å². The summed E-state index contributed by atoms with van der Waals surface area (Å²) in [5, 5.41) is 0. The van der Waals surface area contributed by atoms with Gasteiger partial charge in [0.25, 0.3) is 0 Å². The number of hydrogen-bond donors (Lipinski definition) is 1. The maximum atomic E-state index is 11.6. The van der Waals surface area contributed by atoms with E-state index in [2.05, 4.69) is 15.9 Å². The molecule has 0 bridgehead atoms. The van der Waals surface area contributed by atoms with Crippen LogP contribution in [0, 0.1) is 0 Å². The molecule has 1 fully saturated rings. The van der Waals surface area contributed by atoms with Gasteiger partial charge in [-0.15, -0.1) is 0 Å². The normalized spacial score (nSPS) is 20.6. The number of ketones is 1. The van der Waals surface area contributed by atoms with Gasteiger partial charge in [-0.3, -0.25) is 9.59 Å². The number of quaternary nitrogens is 1. The van der Waals surface area contributed by atoms with E-state index in [-0.39, 0.29) is 5.78 Å². The SMILES string of the molecule is CC(=O)C(C)(Br)C(=O)OCC[NH+]1CCOCC1. The Balaban J connectivity index is 2.26. The van der Waals surface area contributed by atoms with E-state index >= 15 is 0 Å². The zero-order chi connectivity index (χ0) is 12.9. The smallest absolute Gasteiger partial charge is 0.330 e. The molecule has 6 heteroatoms. The Morgan fingerprint density at radius 3 is 2.53 bits per heavy atom. The Bertz CT molecular complexity index is 287. The lowest BCUT2D eigenvalue weighted by Gasteiger charge is -2.24. The molecule has 0 saturated carbocycles. The molecule has 5 nitrogen and oxygen atoms in total. The van der Waals surface area contributed by atoms with Crippen molar-refractivity contribution in [2.45, 2.75) is 18.2 Å². The predicted molar refractivity (Wildman–Crippen MR) is 65.4 cm³/mol. The number of morpholine rings is 1. The zero-order valence-electron chi connectivity index (χ0n) is 10.3. The maximum absolute atomic E-state index is 11.6. The summed E-state index contributed by atoms with van der Waals surface area (Å²) in [4.78, 5) is 24.2. The van der Waals surface area contributed by atoms with Gasteiger partial charge in [-0.1, -0.05) is 15.9 Å². The summed E-state index contributed by atoms with van der Waals surface area (Å²) in [7, 11) is 0. The molecule has 0 aromatic rings. The van der Waals surface area contributed by atoms with Gasteiger partial charge in [0.1, 0.15) is 26.2 Å². The molecule has 1 saturated heterocycles. The van der Waals surface area contributed by atoms with E-state index in [1.807, 2.05) is 0 Å². The van der Waals surface area contributed by atoms with Gasteiger partial charge < -0.3 is 14.4 Å². The number of esters is 1. The average molecular weight is 309 g/mol. The first-order chi connectivity index (χ1) is 7.94. The monoisotopic (exact) mass is 308 g/mol. The highest BCUT2D eigenvalue weighted by molar-refractivity contribution is 9.10. The molecule has 1 atom stereocenters. The molecule has 0 radical (unpaired) electrons. The van der Waals surface area contributed by atoms with Gasteiger partial charge in [-0.2, -0.15) is 0 Å². The summed E-state index contributed by atoms with van der Waals surface area (Å²) in [6.07, 6.45) is 0. The van der Waals surface area contributed by atoms with E-state index in [1.165, 1.54) is 18.7 Å². The van der Waals surface area contributed by atoms with E-state index < -0.39 is 10.3 Å². The number of carbonyl (C=O) groups is 2. The minimum absolute atomic E-state index is 0.249. The van der Waals surface area contributed by atoms with Gasteiger partial charge in [0.15, 0.2) is 10.1 Å². The van der Waals surface area contributed by atoms with Crippen LogP contribution >= 0.6 is 15.9 Å². The first-order valence-corrected chi connectivity index (χ1v) is 6.52. The van der Waals surface area contributed by atoms with Gasteiger partial charge in [0.05, 0.1) is 13.2 Å². The largest absolute Gasteiger partial charge is 0.458 e. The van der Waals surface area contributed by atoms with Crippen LogP contribution in [0.2, 0.25) is 0 Å². The van der Waals surface area contributed by atoms with Crippen molar-refractivity contribution in [3.8, 4) is 0 Å². The number of ether oxygens (including phenoxy) is 2. The maximum Gasteiger partial charge on any atom is 0.330 e. The molecular weight excluding hydrogens is 290 g/mol. The number of Topliss-reactive ketones (excluding diaryl/α,β-unsaturated/α-hetero) is 1. The second kappa shape index (κ2) is 6.47. The fourth-order valence-corrected chi connectivity index (χ4v) is 1.59. The number of carbonyl (C=O) groups excluding carboxylic acids is 2. The van der Waals surface area contributed by atoms with E-state index in [4.69, 9.17) is 9.47 Å². The van der Waals surface area contributed by atoms with Crippen molar-refractivity contribution in [1.82, 2.24) is 0 Å². The topological polar surface area (TPSA) is 57.0 Å². The first-order valence-electron chi connectivity index (χ1n) is 5.73. The lowest BCUT2D eigenvalue weighted by Crippen LogP contribution is -3.14. The summed E-state index contributed by atoms with van der Waals surface area (Å²) in [6, 6.07) is 0. The highest BCUT2D eigenvalue weighted by Gasteiger charge is 2.37. The Labute approximate surface area is 110 Å². The average Bonchev–Trinajstić information content (AvgIpc) is 2.30. The van der Waals surface area contributed by atoms with Crippen molar-refractivity contribution in [2.75, 3.05) is 39.5 Å².